The zero-order valence-corrected chi connectivity index (χ0v) is 15.2. The van der Waals surface area contributed by atoms with Crippen molar-refractivity contribution in [3.63, 3.8) is 0 Å². The zero-order valence-electron chi connectivity index (χ0n) is 15.2. The van der Waals surface area contributed by atoms with Crippen molar-refractivity contribution in [1.29, 1.82) is 0 Å². The summed E-state index contributed by atoms with van der Waals surface area (Å²) in [6.45, 7) is 2.28. The molecule has 0 bridgehead atoms. The molecule has 2 aromatic carbocycles. The Bertz CT molecular complexity index is 957. The van der Waals surface area contributed by atoms with Crippen molar-refractivity contribution in [3.8, 4) is 0 Å². The van der Waals surface area contributed by atoms with Crippen LogP contribution in [0.2, 0.25) is 0 Å². The number of benzene rings is 2. The monoisotopic (exact) mass is 356 g/mol. The van der Waals surface area contributed by atoms with E-state index in [0.717, 1.165) is 24.0 Å². The summed E-state index contributed by atoms with van der Waals surface area (Å²) in [5.74, 6) is 0.656. The van der Waals surface area contributed by atoms with Crippen LogP contribution in [0, 0.1) is 5.92 Å². The van der Waals surface area contributed by atoms with Crippen LogP contribution in [0.3, 0.4) is 0 Å². The third-order valence-electron chi connectivity index (χ3n) is 4.68. The van der Waals surface area contributed by atoms with Gasteiger partial charge in [0.1, 0.15) is 0 Å². The minimum Gasteiger partial charge on any atom is -0.0622 e. The first-order valence-corrected chi connectivity index (χ1v) is 8.90. The van der Waals surface area contributed by atoms with Crippen LogP contribution < -0.4 is 0 Å². The lowest BCUT2D eigenvalue weighted by Crippen LogP contribution is -2.07. The van der Waals surface area contributed by atoms with Crippen LogP contribution in [0.25, 0.3) is 33.0 Å². The molecule has 0 amide bonds. The van der Waals surface area contributed by atoms with E-state index >= 15 is 0 Å². The first kappa shape index (κ1) is 18.3. The number of nitrogens with zero attached hydrogens (tertiary/aromatic N) is 6. The summed E-state index contributed by atoms with van der Waals surface area (Å²) in [6.07, 6.45) is 7.69. The number of azide groups is 2. The second-order valence-corrected chi connectivity index (χ2v) is 6.75. The Morgan fingerprint density at radius 1 is 0.815 bits per heavy atom. The molecule has 6 heteroatoms. The number of allylic oxidation sites excluding steroid dienone is 2. The van der Waals surface area contributed by atoms with Gasteiger partial charge in [-0.2, -0.15) is 0 Å². The van der Waals surface area contributed by atoms with Crippen molar-refractivity contribution in [1.82, 2.24) is 0 Å². The van der Waals surface area contributed by atoms with E-state index in [9.17, 15) is 0 Å². The molecule has 1 fully saturated rings. The molecule has 0 spiro atoms. The Balaban J connectivity index is 1.90. The second-order valence-electron chi connectivity index (χ2n) is 6.75. The molecule has 0 heterocycles. The van der Waals surface area contributed by atoms with Crippen LogP contribution in [0.5, 0.6) is 0 Å². The normalized spacial score (nSPS) is 19.4. The van der Waals surface area contributed by atoms with Gasteiger partial charge in [-0.05, 0) is 58.5 Å². The SMILES string of the molecule is CC1CCC(=Cc2ccc(N=[N+]=[N-])cc2)C(=Cc2ccc(N=[N+]=[N-])cc2)C1. The van der Waals surface area contributed by atoms with Crippen molar-refractivity contribution in [2.75, 3.05) is 0 Å². The highest BCUT2D eigenvalue weighted by Gasteiger charge is 2.17. The molecule has 2 aromatic rings. The molecule has 0 saturated heterocycles. The van der Waals surface area contributed by atoms with E-state index in [-0.39, 0.29) is 0 Å². The first-order valence-electron chi connectivity index (χ1n) is 8.90. The summed E-state index contributed by atoms with van der Waals surface area (Å²) in [6, 6.07) is 15.2. The van der Waals surface area contributed by atoms with Crippen LogP contribution in [-0.4, -0.2) is 0 Å². The van der Waals surface area contributed by atoms with Gasteiger partial charge in [-0.15, -0.1) is 0 Å². The molecule has 1 saturated carbocycles. The van der Waals surface area contributed by atoms with Gasteiger partial charge in [0.15, 0.2) is 0 Å². The van der Waals surface area contributed by atoms with Crippen molar-refractivity contribution in [2.45, 2.75) is 26.2 Å². The Kier molecular flexibility index (Phi) is 5.95. The fourth-order valence-electron chi connectivity index (χ4n) is 3.27. The maximum absolute atomic E-state index is 8.52. The summed E-state index contributed by atoms with van der Waals surface area (Å²) in [7, 11) is 0. The molecule has 134 valence electrons. The third kappa shape index (κ3) is 5.02. The van der Waals surface area contributed by atoms with Gasteiger partial charge in [0, 0.05) is 21.2 Å². The van der Waals surface area contributed by atoms with Gasteiger partial charge in [0.25, 0.3) is 0 Å². The van der Waals surface area contributed by atoms with Gasteiger partial charge in [-0.25, -0.2) is 0 Å². The van der Waals surface area contributed by atoms with Crippen LogP contribution in [0.1, 0.15) is 37.3 Å². The average molecular weight is 356 g/mol. The number of hydrogen-bond acceptors (Lipinski definition) is 2. The maximum atomic E-state index is 8.52. The van der Waals surface area contributed by atoms with Crippen molar-refractivity contribution >= 4 is 23.5 Å². The number of hydrogen-bond donors (Lipinski definition) is 0. The van der Waals surface area contributed by atoms with Gasteiger partial charge < -0.3 is 0 Å². The summed E-state index contributed by atoms with van der Waals surface area (Å²) < 4.78 is 0. The van der Waals surface area contributed by atoms with E-state index in [2.05, 4.69) is 39.1 Å². The third-order valence-corrected chi connectivity index (χ3v) is 4.68. The maximum Gasteiger partial charge on any atom is 0.0375 e. The average Bonchev–Trinajstić information content (AvgIpc) is 2.67. The molecule has 1 atom stereocenters. The van der Waals surface area contributed by atoms with E-state index in [1.165, 1.54) is 17.6 Å². The Morgan fingerprint density at radius 3 is 1.78 bits per heavy atom. The van der Waals surface area contributed by atoms with Crippen molar-refractivity contribution < 1.29 is 0 Å². The summed E-state index contributed by atoms with van der Waals surface area (Å²) in [5, 5.41) is 7.23. The Morgan fingerprint density at radius 2 is 1.30 bits per heavy atom. The van der Waals surface area contributed by atoms with E-state index in [1.807, 2.05) is 48.5 Å². The fraction of sp³-hybridized carbons (Fsp3) is 0.238. The molecular formula is C21H20N6. The minimum atomic E-state index is 0.618. The lowest BCUT2D eigenvalue weighted by atomic mass is 9.81. The van der Waals surface area contributed by atoms with Crippen molar-refractivity contribution in [2.24, 2.45) is 16.1 Å². The molecule has 0 radical (unpaired) electrons. The van der Waals surface area contributed by atoms with Gasteiger partial charge in [0.2, 0.25) is 0 Å². The summed E-state index contributed by atoms with van der Waals surface area (Å²) >= 11 is 0. The first-order chi connectivity index (χ1) is 13.2. The van der Waals surface area contributed by atoms with Crippen LogP contribution in [0.4, 0.5) is 11.4 Å². The van der Waals surface area contributed by atoms with Gasteiger partial charge >= 0.3 is 0 Å². The molecule has 1 aliphatic carbocycles. The predicted molar refractivity (Wildman–Crippen MR) is 109 cm³/mol. The molecule has 3 rings (SSSR count). The van der Waals surface area contributed by atoms with Crippen molar-refractivity contribution in [3.05, 3.63) is 91.7 Å². The quantitative estimate of drug-likeness (QED) is 0.302. The highest BCUT2D eigenvalue weighted by Crippen LogP contribution is 2.35. The summed E-state index contributed by atoms with van der Waals surface area (Å²) in [5.41, 5.74) is 23.1. The van der Waals surface area contributed by atoms with Crippen LogP contribution in [0.15, 0.2) is 69.9 Å². The van der Waals surface area contributed by atoms with E-state index < -0.39 is 0 Å². The fourth-order valence-corrected chi connectivity index (χ4v) is 3.27. The van der Waals surface area contributed by atoms with Crippen LogP contribution in [-0.2, 0) is 0 Å². The van der Waals surface area contributed by atoms with Gasteiger partial charge in [-0.3, -0.25) is 0 Å². The lowest BCUT2D eigenvalue weighted by molar-refractivity contribution is 0.501. The number of rotatable bonds is 4. The molecule has 1 aliphatic rings. The summed E-state index contributed by atoms with van der Waals surface area (Å²) in [4.78, 5) is 5.62. The molecule has 1 unspecified atom stereocenters. The highest BCUT2D eigenvalue weighted by molar-refractivity contribution is 5.67. The molecular weight excluding hydrogens is 336 g/mol. The predicted octanol–water partition coefficient (Wildman–Crippen LogP) is 7.86. The molecule has 6 nitrogen and oxygen atoms in total. The lowest BCUT2D eigenvalue weighted by Gasteiger charge is -2.24. The standard InChI is InChI=1S/C21H20N6/c1-15-2-7-18(13-16-3-8-20(9-4-16)24-26-22)19(12-15)14-17-5-10-21(11-6-17)25-27-23/h3-6,8-11,13-15H,2,7,12H2,1H3. The van der Waals surface area contributed by atoms with Gasteiger partial charge in [0.05, 0.1) is 0 Å². The zero-order chi connectivity index (χ0) is 19.1. The minimum absolute atomic E-state index is 0.618. The van der Waals surface area contributed by atoms with Gasteiger partial charge in [-0.1, -0.05) is 77.8 Å². The smallest absolute Gasteiger partial charge is 0.0375 e. The highest BCUT2D eigenvalue weighted by atomic mass is 15.1. The Hall–Kier alpha value is -3.46. The second kappa shape index (κ2) is 8.77. The van der Waals surface area contributed by atoms with Crippen LogP contribution >= 0.6 is 0 Å². The van der Waals surface area contributed by atoms with E-state index in [1.54, 1.807) is 0 Å². The van der Waals surface area contributed by atoms with E-state index in [4.69, 9.17) is 11.1 Å². The molecule has 27 heavy (non-hydrogen) atoms. The topological polar surface area (TPSA) is 97.5 Å². The molecule has 0 N–H and O–H groups in total. The van der Waals surface area contributed by atoms with E-state index in [0.29, 0.717) is 17.3 Å². The molecule has 0 aliphatic heterocycles. The molecule has 0 aromatic heterocycles. The largest absolute Gasteiger partial charge is 0.0622 e. The Labute approximate surface area is 158 Å².